The molecular formula is C22H21ClFN5O2S. The maximum absolute atomic E-state index is 14.2. The quantitative estimate of drug-likeness (QED) is 0.255. The summed E-state index contributed by atoms with van der Waals surface area (Å²) >= 11 is 7.52. The Kier molecular flexibility index (Phi) is 6.96. The standard InChI is InChI=1S/C22H21ClFN5O2S/c1-29-7-6-25-22(29)32-9-3-8-31-20-12-18-15(11-19(20)30-2)21(27-13-26-18)28-17-5-4-14(23)10-16(17)24/h4-7,10-13H,3,8-9H2,1-2H3,(H,26,27,28). The summed E-state index contributed by atoms with van der Waals surface area (Å²) in [6.07, 6.45) is 5.96. The van der Waals surface area contributed by atoms with E-state index < -0.39 is 5.82 Å². The van der Waals surface area contributed by atoms with Crippen molar-refractivity contribution in [1.82, 2.24) is 19.5 Å². The van der Waals surface area contributed by atoms with Crippen molar-refractivity contribution in [3.05, 3.63) is 59.9 Å². The molecule has 0 spiro atoms. The number of imidazole rings is 1. The van der Waals surface area contributed by atoms with Gasteiger partial charge in [-0.2, -0.15) is 0 Å². The van der Waals surface area contributed by atoms with E-state index >= 15 is 0 Å². The predicted molar refractivity (Wildman–Crippen MR) is 125 cm³/mol. The number of methoxy groups -OCH3 is 1. The van der Waals surface area contributed by atoms with Gasteiger partial charge in [-0.15, -0.1) is 0 Å². The second kappa shape index (κ2) is 10.1. The summed E-state index contributed by atoms with van der Waals surface area (Å²) in [7, 11) is 3.54. The number of nitrogens with zero attached hydrogens (tertiary/aromatic N) is 4. The maximum atomic E-state index is 14.2. The monoisotopic (exact) mass is 473 g/mol. The fraction of sp³-hybridized carbons (Fsp3) is 0.227. The summed E-state index contributed by atoms with van der Waals surface area (Å²) in [5.74, 6) is 1.99. The van der Waals surface area contributed by atoms with Crippen LogP contribution in [0.1, 0.15) is 6.42 Å². The summed E-state index contributed by atoms with van der Waals surface area (Å²) in [5.41, 5.74) is 0.911. The smallest absolute Gasteiger partial charge is 0.167 e. The molecule has 2 aromatic carbocycles. The number of aromatic nitrogens is 4. The van der Waals surface area contributed by atoms with E-state index in [0.29, 0.717) is 39.8 Å². The second-order valence-electron chi connectivity index (χ2n) is 6.86. The summed E-state index contributed by atoms with van der Waals surface area (Å²) in [4.78, 5) is 12.9. The summed E-state index contributed by atoms with van der Waals surface area (Å²) in [6.45, 7) is 0.519. The van der Waals surface area contributed by atoms with Crippen molar-refractivity contribution in [2.75, 3.05) is 24.8 Å². The van der Waals surface area contributed by atoms with Crippen LogP contribution in [0.2, 0.25) is 5.02 Å². The third-order valence-electron chi connectivity index (χ3n) is 4.66. The van der Waals surface area contributed by atoms with Crippen LogP contribution in [0.15, 0.2) is 54.2 Å². The molecule has 166 valence electrons. The Bertz CT molecular complexity index is 1240. The maximum Gasteiger partial charge on any atom is 0.167 e. The Balaban J connectivity index is 1.48. The molecule has 4 rings (SSSR count). The highest BCUT2D eigenvalue weighted by Crippen LogP contribution is 2.35. The highest BCUT2D eigenvalue weighted by molar-refractivity contribution is 7.99. The van der Waals surface area contributed by atoms with Gasteiger partial charge in [0.1, 0.15) is 18.0 Å². The van der Waals surface area contributed by atoms with Crippen LogP contribution in [0.25, 0.3) is 10.9 Å². The number of nitrogens with one attached hydrogen (secondary N) is 1. The number of hydrogen-bond acceptors (Lipinski definition) is 7. The Labute approximate surface area is 193 Å². The molecule has 0 fully saturated rings. The first-order valence-corrected chi connectivity index (χ1v) is 11.2. The van der Waals surface area contributed by atoms with E-state index in [0.717, 1.165) is 17.3 Å². The molecule has 0 aliphatic heterocycles. The van der Waals surface area contributed by atoms with Crippen molar-refractivity contribution in [2.24, 2.45) is 7.05 Å². The molecule has 32 heavy (non-hydrogen) atoms. The fourth-order valence-corrected chi connectivity index (χ4v) is 4.05. The lowest BCUT2D eigenvalue weighted by Crippen LogP contribution is -2.03. The van der Waals surface area contributed by atoms with E-state index in [1.807, 2.05) is 17.8 Å². The molecule has 0 aliphatic carbocycles. The topological polar surface area (TPSA) is 74.1 Å². The van der Waals surface area contributed by atoms with Crippen molar-refractivity contribution >= 4 is 45.8 Å². The first-order chi connectivity index (χ1) is 15.5. The first-order valence-electron chi connectivity index (χ1n) is 9.83. The largest absolute Gasteiger partial charge is 0.493 e. The van der Waals surface area contributed by atoms with E-state index in [1.54, 1.807) is 49.3 Å². The summed E-state index contributed by atoms with van der Waals surface area (Å²) < 4.78 is 27.7. The van der Waals surface area contributed by atoms with E-state index in [2.05, 4.69) is 20.3 Å². The molecule has 0 saturated carbocycles. The summed E-state index contributed by atoms with van der Waals surface area (Å²) in [6, 6.07) is 7.98. The normalized spacial score (nSPS) is 11.0. The molecule has 0 radical (unpaired) electrons. The highest BCUT2D eigenvalue weighted by atomic mass is 35.5. The van der Waals surface area contributed by atoms with Gasteiger partial charge in [-0.25, -0.2) is 19.3 Å². The van der Waals surface area contributed by atoms with E-state index in [-0.39, 0.29) is 5.69 Å². The lowest BCUT2D eigenvalue weighted by Gasteiger charge is -2.14. The third-order valence-corrected chi connectivity index (χ3v) is 6.04. The lowest BCUT2D eigenvalue weighted by molar-refractivity contribution is 0.296. The van der Waals surface area contributed by atoms with Gasteiger partial charge in [0.15, 0.2) is 16.7 Å². The van der Waals surface area contributed by atoms with Crippen LogP contribution in [0.4, 0.5) is 15.9 Å². The van der Waals surface area contributed by atoms with Gasteiger partial charge in [0.05, 0.1) is 24.9 Å². The summed E-state index contributed by atoms with van der Waals surface area (Å²) in [5, 5.41) is 4.97. The number of thioether (sulfide) groups is 1. The molecular weight excluding hydrogens is 453 g/mol. The van der Waals surface area contributed by atoms with Gasteiger partial charge in [-0.05, 0) is 30.7 Å². The van der Waals surface area contributed by atoms with Gasteiger partial charge in [0, 0.05) is 41.7 Å². The predicted octanol–water partition coefficient (Wildman–Crippen LogP) is 5.47. The van der Waals surface area contributed by atoms with Crippen molar-refractivity contribution in [3.8, 4) is 11.5 Å². The fourth-order valence-electron chi connectivity index (χ4n) is 3.05. The number of hydrogen-bond donors (Lipinski definition) is 1. The average Bonchev–Trinajstić information content (AvgIpc) is 3.19. The third kappa shape index (κ3) is 5.05. The van der Waals surface area contributed by atoms with Gasteiger partial charge in [-0.1, -0.05) is 23.4 Å². The average molecular weight is 474 g/mol. The van der Waals surface area contributed by atoms with Crippen LogP contribution >= 0.6 is 23.4 Å². The number of ether oxygens (including phenoxy) is 2. The lowest BCUT2D eigenvalue weighted by atomic mass is 10.2. The molecule has 10 heteroatoms. The Morgan fingerprint density at radius 2 is 2.03 bits per heavy atom. The van der Waals surface area contributed by atoms with Gasteiger partial charge in [0.25, 0.3) is 0 Å². The zero-order chi connectivity index (χ0) is 22.5. The number of benzene rings is 2. The minimum absolute atomic E-state index is 0.263. The molecule has 0 atom stereocenters. The highest BCUT2D eigenvalue weighted by Gasteiger charge is 2.13. The van der Waals surface area contributed by atoms with Crippen LogP contribution in [0, 0.1) is 5.82 Å². The molecule has 2 heterocycles. The number of anilines is 2. The number of fused-ring (bicyclic) bond motifs is 1. The molecule has 1 N–H and O–H groups in total. The molecule has 0 bridgehead atoms. The van der Waals surface area contributed by atoms with Crippen molar-refractivity contribution in [1.29, 1.82) is 0 Å². The number of rotatable bonds is 9. The molecule has 0 unspecified atom stereocenters. The van der Waals surface area contributed by atoms with Gasteiger partial charge < -0.3 is 19.4 Å². The van der Waals surface area contributed by atoms with E-state index in [1.165, 1.54) is 12.4 Å². The van der Waals surface area contributed by atoms with Gasteiger partial charge in [0.2, 0.25) is 0 Å². The Hall–Kier alpha value is -3.04. The zero-order valence-electron chi connectivity index (χ0n) is 17.5. The van der Waals surface area contributed by atoms with Crippen molar-refractivity contribution in [2.45, 2.75) is 11.6 Å². The van der Waals surface area contributed by atoms with Crippen LogP contribution in [0.3, 0.4) is 0 Å². The van der Waals surface area contributed by atoms with Crippen LogP contribution in [0.5, 0.6) is 11.5 Å². The van der Waals surface area contributed by atoms with Crippen molar-refractivity contribution < 1.29 is 13.9 Å². The van der Waals surface area contributed by atoms with Crippen LogP contribution in [-0.4, -0.2) is 39.0 Å². The first kappa shape index (κ1) is 22.2. The van der Waals surface area contributed by atoms with Gasteiger partial charge >= 0.3 is 0 Å². The SMILES string of the molecule is COc1cc2c(Nc3ccc(Cl)cc3F)ncnc2cc1OCCCSc1nccn1C. The van der Waals surface area contributed by atoms with Crippen LogP contribution < -0.4 is 14.8 Å². The molecule has 0 aliphatic rings. The Morgan fingerprint density at radius 1 is 1.16 bits per heavy atom. The van der Waals surface area contributed by atoms with Gasteiger partial charge in [-0.3, -0.25) is 0 Å². The number of aryl methyl sites for hydroxylation is 1. The minimum Gasteiger partial charge on any atom is -0.493 e. The molecule has 0 saturated heterocycles. The van der Waals surface area contributed by atoms with E-state index in [9.17, 15) is 4.39 Å². The Morgan fingerprint density at radius 3 is 2.78 bits per heavy atom. The molecule has 7 nitrogen and oxygen atoms in total. The molecule has 0 amide bonds. The zero-order valence-corrected chi connectivity index (χ0v) is 19.1. The second-order valence-corrected chi connectivity index (χ2v) is 8.36. The molecule has 2 aromatic heterocycles. The van der Waals surface area contributed by atoms with Crippen molar-refractivity contribution in [3.63, 3.8) is 0 Å². The molecule has 4 aromatic rings. The minimum atomic E-state index is -0.473. The van der Waals surface area contributed by atoms with Crippen LogP contribution in [-0.2, 0) is 7.05 Å². The number of halogens is 2. The van der Waals surface area contributed by atoms with E-state index in [4.69, 9.17) is 21.1 Å².